The second-order valence-corrected chi connectivity index (χ2v) is 5.44. The minimum Gasteiger partial charge on any atom is -0.493 e. The van der Waals surface area contributed by atoms with Gasteiger partial charge < -0.3 is 14.8 Å². The molecule has 0 saturated carbocycles. The number of rotatable bonds is 6. The summed E-state index contributed by atoms with van der Waals surface area (Å²) < 4.78 is 11.6. The van der Waals surface area contributed by atoms with Crippen molar-refractivity contribution in [2.24, 2.45) is 0 Å². The molecule has 0 aliphatic carbocycles. The number of ether oxygens (including phenoxy) is 2. The van der Waals surface area contributed by atoms with Crippen molar-refractivity contribution in [2.75, 3.05) is 20.3 Å². The second-order valence-electron chi connectivity index (χ2n) is 4.52. The molecule has 0 saturated heterocycles. The summed E-state index contributed by atoms with van der Waals surface area (Å²) in [4.78, 5) is 11.7. The molecule has 1 N–H and O–H groups in total. The van der Waals surface area contributed by atoms with Crippen LogP contribution in [0.5, 0.6) is 5.75 Å². The molecule has 0 unspecified atom stereocenters. The summed E-state index contributed by atoms with van der Waals surface area (Å²) in [6, 6.07) is 4.08. The molecule has 0 radical (unpaired) electrons. The van der Waals surface area contributed by atoms with Crippen molar-refractivity contribution in [1.82, 2.24) is 5.32 Å². The summed E-state index contributed by atoms with van der Waals surface area (Å²) in [6.45, 7) is 1.84. The highest BCUT2D eigenvalue weighted by molar-refractivity contribution is 9.10. The first-order valence-corrected chi connectivity index (χ1v) is 7.19. The average molecular weight is 328 g/mol. The van der Waals surface area contributed by atoms with Gasteiger partial charge in [0.1, 0.15) is 5.75 Å². The fourth-order valence-corrected chi connectivity index (χ4v) is 2.69. The van der Waals surface area contributed by atoms with Gasteiger partial charge in [-0.2, -0.15) is 0 Å². The number of amides is 1. The van der Waals surface area contributed by atoms with E-state index < -0.39 is 0 Å². The van der Waals surface area contributed by atoms with Gasteiger partial charge in [0.25, 0.3) is 0 Å². The van der Waals surface area contributed by atoms with Crippen molar-refractivity contribution in [3.63, 3.8) is 0 Å². The maximum Gasteiger partial charge on any atom is 0.220 e. The van der Waals surface area contributed by atoms with Gasteiger partial charge in [-0.1, -0.05) is 15.9 Å². The van der Waals surface area contributed by atoms with Crippen LogP contribution in [0.1, 0.15) is 24.0 Å². The highest BCUT2D eigenvalue weighted by Gasteiger charge is 2.17. The molecule has 2 rings (SSSR count). The highest BCUT2D eigenvalue weighted by atomic mass is 79.9. The molecule has 0 atom stereocenters. The number of methoxy groups -OCH3 is 1. The number of hydrogen-bond donors (Lipinski definition) is 1. The summed E-state index contributed by atoms with van der Waals surface area (Å²) in [7, 11) is 1.64. The zero-order chi connectivity index (χ0) is 13.7. The second kappa shape index (κ2) is 6.91. The summed E-state index contributed by atoms with van der Waals surface area (Å²) in [5.74, 6) is 0.976. The van der Waals surface area contributed by atoms with Gasteiger partial charge in [0.15, 0.2) is 0 Å². The normalized spacial score (nSPS) is 12.9. The van der Waals surface area contributed by atoms with Gasteiger partial charge in [-0.3, -0.25) is 4.79 Å². The van der Waals surface area contributed by atoms with Crippen molar-refractivity contribution in [1.29, 1.82) is 0 Å². The molecular weight excluding hydrogens is 310 g/mol. The number of benzene rings is 1. The van der Waals surface area contributed by atoms with E-state index in [1.54, 1.807) is 7.11 Å². The van der Waals surface area contributed by atoms with Crippen molar-refractivity contribution in [2.45, 2.75) is 25.8 Å². The number of nitrogens with one attached hydrogen (secondary N) is 1. The van der Waals surface area contributed by atoms with E-state index in [0.717, 1.165) is 35.2 Å². The van der Waals surface area contributed by atoms with Crippen LogP contribution in [0.25, 0.3) is 0 Å². The van der Waals surface area contributed by atoms with Crippen molar-refractivity contribution in [3.8, 4) is 5.75 Å². The summed E-state index contributed by atoms with van der Waals surface area (Å²) in [6.07, 6.45) is 2.17. The molecule has 1 amide bonds. The molecule has 19 heavy (non-hydrogen) atoms. The van der Waals surface area contributed by atoms with Crippen molar-refractivity contribution >= 4 is 21.8 Å². The van der Waals surface area contributed by atoms with Crippen LogP contribution >= 0.6 is 15.9 Å². The molecule has 0 spiro atoms. The van der Waals surface area contributed by atoms with Crippen LogP contribution in [0.2, 0.25) is 0 Å². The summed E-state index contributed by atoms with van der Waals surface area (Å²) in [5, 5.41) is 2.92. The van der Waals surface area contributed by atoms with E-state index in [1.807, 2.05) is 6.07 Å². The van der Waals surface area contributed by atoms with E-state index in [9.17, 15) is 4.79 Å². The topological polar surface area (TPSA) is 47.6 Å². The molecule has 4 nitrogen and oxygen atoms in total. The molecular formula is C14H18BrNO3. The number of carbonyl (C=O) groups excluding carboxylic acids is 1. The van der Waals surface area contributed by atoms with E-state index in [0.29, 0.717) is 19.6 Å². The van der Waals surface area contributed by atoms with E-state index in [4.69, 9.17) is 9.47 Å². The summed E-state index contributed by atoms with van der Waals surface area (Å²) in [5.41, 5.74) is 2.24. The van der Waals surface area contributed by atoms with Gasteiger partial charge in [-0.05, 0) is 24.1 Å². The van der Waals surface area contributed by atoms with Gasteiger partial charge in [0, 0.05) is 43.1 Å². The lowest BCUT2D eigenvalue weighted by atomic mass is 10.1. The van der Waals surface area contributed by atoms with Crippen LogP contribution in [-0.2, 0) is 22.5 Å². The Bertz CT molecular complexity index is 462. The molecule has 0 aromatic heterocycles. The smallest absolute Gasteiger partial charge is 0.220 e. The Kier molecular flexibility index (Phi) is 5.22. The third kappa shape index (κ3) is 3.94. The van der Waals surface area contributed by atoms with Crippen molar-refractivity contribution < 1.29 is 14.3 Å². The van der Waals surface area contributed by atoms with Gasteiger partial charge in [-0.15, -0.1) is 0 Å². The first kappa shape index (κ1) is 14.3. The number of halogens is 1. The number of carbonyl (C=O) groups is 1. The van der Waals surface area contributed by atoms with E-state index in [2.05, 4.69) is 27.3 Å². The zero-order valence-corrected chi connectivity index (χ0v) is 12.6. The number of fused-ring (bicyclic) bond motifs is 1. The monoisotopic (exact) mass is 327 g/mol. The lowest BCUT2D eigenvalue weighted by Gasteiger charge is -2.10. The standard InChI is InChI=1S/C14H18BrNO3/c1-18-5-2-3-13(17)16-9-11-8-12(15)7-10-4-6-19-14(10)11/h7-8H,2-6,9H2,1H3,(H,16,17). The molecule has 0 bridgehead atoms. The minimum atomic E-state index is 0.0452. The van der Waals surface area contributed by atoms with Gasteiger partial charge in [0.05, 0.1) is 6.61 Å². The molecule has 1 aliphatic heterocycles. The van der Waals surface area contributed by atoms with Crippen LogP contribution < -0.4 is 10.1 Å². The largest absolute Gasteiger partial charge is 0.493 e. The Hall–Kier alpha value is -1.07. The lowest BCUT2D eigenvalue weighted by Crippen LogP contribution is -2.23. The fourth-order valence-electron chi connectivity index (χ4n) is 2.14. The number of hydrogen-bond acceptors (Lipinski definition) is 3. The maximum absolute atomic E-state index is 11.7. The summed E-state index contributed by atoms with van der Waals surface area (Å²) >= 11 is 3.49. The molecule has 1 aliphatic rings. The Morgan fingerprint density at radius 1 is 1.53 bits per heavy atom. The van der Waals surface area contributed by atoms with Crippen molar-refractivity contribution in [3.05, 3.63) is 27.7 Å². The van der Waals surface area contributed by atoms with Crippen LogP contribution in [0.4, 0.5) is 0 Å². The molecule has 1 heterocycles. The predicted octanol–water partition coefficient (Wildman–Crippen LogP) is 2.43. The first-order valence-electron chi connectivity index (χ1n) is 6.40. The minimum absolute atomic E-state index is 0.0452. The van der Waals surface area contributed by atoms with Gasteiger partial charge in [0.2, 0.25) is 5.91 Å². The lowest BCUT2D eigenvalue weighted by molar-refractivity contribution is -0.121. The molecule has 0 fully saturated rings. The quantitative estimate of drug-likeness (QED) is 0.816. The highest BCUT2D eigenvalue weighted by Crippen LogP contribution is 2.32. The van der Waals surface area contributed by atoms with Crippen LogP contribution in [-0.4, -0.2) is 26.2 Å². The Labute approximate surface area is 121 Å². The van der Waals surface area contributed by atoms with Crippen LogP contribution in [0.15, 0.2) is 16.6 Å². The molecule has 1 aromatic carbocycles. The molecule has 104 valence electrons. The Balaban J connectivity index is 1.91. The zero-order valence-electron chi connectivity index (χ0n) is 11.0. The van der Waals surface area contributed by atoms with Gasteiger partial charge >= 0.3 is 0 Å². The maximum atomic E-state index is 11.7. The Morgan fingerprint density at radius 2 is 2.37 bits per heavy atom. The third-order valence-electron chi connectivity index (χ3n) is 3.05. The predicted molar refractivity (Wildman–Crippen MR) is 76.3 cm³/mol. The van der Waals surface area contributed by atoms with Crippen LogP contribution in [0, 0.1) is 0 Å². The third-order valence-corrected chi connectivity index (χ3v) is 3.51. The van der Waals surface area contributed by atoms with E-state index in [-0.39, 0.29) is 5.91 Å². The van der Waals surface area contributed by atoms with E-state index in [1.165, 1.54) is 5.56 Å². The Morgan fingerprint density at radius 3 is 3.16 bits per heavy atom. The van der Waals surface area contributed by atoms with E-state index >= 15 is 0 Å². The SMILES string of the molecule is COCCCC(=O)NCc1cc(Br)cc2c1OCC2. The molecule has 1 aromatic rings. The van der Waals surface area contributed by atoms with Crippen LogP contribution in [0.3, 0.4) is 0 Å². The molecule has 5 heteroatoms. The first-order chi connectivity index (χ1) is 9.20. The average Bonchev–Trinajstić information content (AvgIpc) is 2.84. The fraction of sp³-hybridized carbons (Fsp3) is 0.500. The van der Waals surface area contributed by atoms with Gasteiger partial charge in [-0.25, -0.2) is 0 Å².